The lowest BCUT2D eigenvalue weighted by Gasteiger charge is -2.63. The molecule has 2 aromatic rings. The van der Waals surface area contributed by atoms with E-state index in [1.165, 1.54) is 24.8 Å². The minimum absolute atomic E-state index is 0.0265. The molecule has 6 N–H and O–H groups in total. The summed E-state index contributed by atoms with van der Waals surface area (Å²) in [7, 11) is 1.88. The number of nitrogens with one attached hydrogen (secondary N) is 5. The molecule has 4 saturated heterocycles. The van der Waals surface area contributed by atoms with Crippen molar-refractivity contribution in [3.63, 3.8) is 0 Å². The number of hydrogen-bond acceptors (Lipinski definition) is 11. The van der Waals surface area contributed by atoms with E-state index < -0.39 is 5.60 Å². The number of rotatable bonds is 12. The predicted octanol–water partition coefficient (Wildman–Crippen LogP) is 6.87. The Morgan fingerprint density at radius 2 is 1.65 bits per heavy atom. The van der Waals surface area contributed by atoms with Crippen LogP contribution in [0.4, 0.5) is 0 Å². The molecule has 370 valence electrons. The van der Waals surface area contributed by atoms with E-state index in [0.29, 0.717) is 47.3 Å². The van der Waals surface area contributed by atoms with Crippen LogP contribution in [-0.4, -0.2) is 110 Å². The van der Waals surface area contributed by atoms with Gasteiger partial charge in [0.25, 0.3) is 0 Å². The Balaban J connectivity index is 0.747. The second-order valence-electron chi connectivity index (χ2n) is 23.2. The maximum atomic E-state index is 13.8. The number of likely N-dealkylation sites (N-methyl/N-ethyl adjacent to an activating group) is 1. The summed E-state index contributed by atoms with van der Waals surface area (Å²) in [4.78, 5) is 31.8. The molecule has 68 heavy (non-hydrogen) atoms. The van der Waals surface area contributed by atoms with Gasteiger partial charge in [0, 0.05) is 85.9 Å². The van der Waals surface area contributed by atoms with E-state index in [-0.39, 0.29) is 64.6 Å². The number of fused-ring (bicyclic) bond motifs is 1. The molecule has 2 amide bonds. The smallest absolute Gasteiger partial charge is 0.244 e. The first-order valence-corrected chi connectivity index (χ1v) is 26.1. The number of hydrogen-bond donors (Lipinski definition) is 6. The zero-order valence-electron chi connectivity index (χ0n) is 41.6. The molecular weight excluding hydrogens is 876 g/mol. The van der Waals surface area contributed by atoms with Gasteiger partial charge in [-0.25, -0.2) is 0 Å². The van der Waals surface area contributed by atoms with E-state index in [0.717, 1.165) is 94.4 Å². The molecule has 0 spiro atoms. The molecule has 2 saturated carbocycles. The van der Waals surface area contributed by atoms with Gasteiger partial charge < -0.3 is 35.4 Å². The van der Waals surface area contributed by atoms with Crippen LogP contribution in [0.3, 0.4) is 0 Å². The normalized spacial score (nSPS) is 32.4. The Hall–Kier alpha value is -3.74. The quantitative estimate of drug-likeness (QED) is 0.132. The molecule has 2 aromatic carbocycles. The van der Waals surface area contributed by atoms with Crippen molar-refractivity contribution in [2.45, 2.75) is 154 Å². The van der Waals surface area contributed by atoms with Crippen molar-refractivity contribution in [3.05, 3.63) is 64.3 Å². The molecule has 0 aromatic heterocycles. The molecule has 13 nitrogen and oxygen atoms in total. The summed E-state index contributed by atoms with van der Waals surface area (Å²) in [5, 5.41) is 39.1. The van der Waals surface area contributed by atoms with Gasteiger partial charge in [0.1, 0.15) is 36.1 Å². The summed E-state index contributed by atoms with van der Waals surface area (Å²) >= 11 is 6.29. The lowest BCUT2D eigenvalue weighted by Crippen LogP contribution is -2.75. The molecule has 0 radical (unpaired) electrons. The molecule has 4 unspecified atom stereocenters. The van der Waals surface area contributed by atoms with Crippen LogP contribution >= 0.6 is 11.6 Å². The number of carbonyl (C=O) groups is 2. The topological polar surface area (TPSA) is 163 Å². The highest BCUT2D eigenvalue weighted by atomic mass is 35.5. The highest BCUT2D eigenvalue weighted by Gasteiger charge is 2.64. The van der Waals surface area contributed by atoms with Gasteiger partial charge in [0.15, 0.2) is 0 Å². The Morgan fingerprint density at radius 1 is 0.926 bits per heavy atom. The maximum absolute atomic E-state index is 13.8. The third kappa shape index (κ3) is 9.45. The van der Waals surface area contributed by atoms with E-state index in [2.05, 4.69) is 83.6 Å². The fourth-order valence-electron chi connectivity index (χ4n) is 13.9. The number of nitrogens with zero attached hydrogens (tertiary/aromatic N) is 3. The number of benzene rings is 2. The van der Waals surface area contributed by atoms with Crippen molar-refractivity contribution < 1.29 is 24.2 Å². The molecule has 4 atom stereocenters. The molecule has 14 heteroatoms. The van der Waals surface area contributed by atoms with E-state index in [1.807, 2.05) is 27.0 Å². The third-order valence-corrected chi connectivity index (χ3v) is 17.8. The third-order valence-electron chi connectivity index (χ3n) is 17.5. The van der Waals surface area contributed by atoms with Gasteiger partial charge in [0.2, 0.25) is 11.8 Å². The molecule has 2 aliphatic carbocycles. The standard InChI is InChI=1S/C54H77ClN8O5/c1-51(2)48(52(3,4)49(51)68-39-16-13-34(28-56)43(55)27-39)61-46(64)35-29-59-50(60-30-35)63-23-19-33(20-24-63)25-38-15-17-40(31-58-38)67-44-18-14-37(53(5,6)66)26-41(44)42-32-62(7)47(65)45-54(42,21-22-57-45)36-11-9-8-10-12-36/h13-14,16,18,26-27,32-33,35-36,38,40,45,48-50,57-60,66H,8-12,15,17,19-25,29-31H2,1-7H3,(H,61,64). The predicted molar refractivity (Wildman–Crippen MR) is 266 cm³/mol. The van der Waals surface area contributed by atoms with Crippen LogP contribution < -0.4 is 36.1 Å². The lowest BCUT2D eigenvalue weighted by molar-refractivity contribution is -0.174. The van der Waals surface area contributed by atoms with E-state index in [4.69, 9.17) is 21.1 Å². The summed E-state index contributed by atoms with van der Waals surface area (Å²) in [5.41, 5.74) is 1.53. The van der Waals surface area contributed by atoms with Crippen LogP contribution in [0.25, 0.3) is 5.57 Å². The highest BCUT2D eigenvalue weighted by molar-refractivity contribution is 6.31. The van der Waals surface area contributed by atoms with E-state index in [1.54, 1.807) is 23.1 Å². The summed E-state index contributed by atoms with van der Waals surface area (Å²) in [5.74, 6) is 2.57. The maximum Gasteiger partial charge on any atom is 0.244 e. The van der Waals surface area contributed by atoms with Crippen LogP contribution in [-0.2, 0) is 15.2 Å². The van der Waals surface area contributed by atoms with E-state index in [9.17, 15) is 20.0 Å². The highest BCUT2D eigenvalue weighted by Crippen LogP contribution is 2.58. The van der Waals surface area contributed by atoms with Crippen molar-refractivity contribution in [3.8, 4) is 17.6 Å². The number of piperidine rings is 2. The van der Waals surface area contributed by atoms with Gasteiger partial charge in [-0.15, -0.1) is 0 Å². The number of ether oxygens (including phenoxy) is 2. The first-order chi connectivity index (χ1) is 32.4. The largest absolute Gasteiger partial charge is 0.489 e. The van der Waals surface area contributed by atoms with Crippen molar-refractivity contribution >= 4 is 29.0 Å². The SMILES string of the molecule is CN1C=C(c2cc(C(C)(C)O)ccc2OC2CCC(CC3CCN(C4NCC(C(=O)NC5C(C)(C)C(Oc6ccc(C#N)c(Cl)c6)C5(C)C)CN4)CC3)NC2)C2(C3CCCCC3)CCNC2C1=O. The van der Waals surface area contributed by atoms with Crippen LogP contribution in [0.1, 0.15) is 129 Å². The first-order valence-electron chi connectivity index (χ1n) is 25.8. The molecule has 5 heterocycles. The van der Waals surface area contributed by atoms with E-state index >= 15 is 0 Å². The molecule has 5 aliphatic heterocycles. The lowest BCUT2D eigenvalue weighted by atomic mass is 9.49. The minimum Gasteiger partial charge on any atom is -0.489 e. The van der Waals surface area contributed by atoms with Gasteiger partial charge in [-0.1, -0.05) is 64.6 Å². The second-order valence-corrected chi connectivity index (χ2v) is 23.6. The monoisotopic (exact) mass is 953 g/mol. The van der Waals surface area contributed by atoms with Crippen molar-refractivity contribution in [2.75, 3.05) is 46.3 Å². The Labute approximate surface area is 409 Å². The number of nitriles is 1. The van der Waals surface area contributed by atoms with Gasteiger partial charge in [-0.05, 0) is 119 Å². The molecule has 6 fully saturated rings. The number of likely N-dealkylation sites (tertiary alicyclic amines) is 1. The fraction of sp³-hybridized carbons (Fsp3) is 0.685. The number of amides is 2. The minimum atomic E-state index is -1.02. The van der Waals surface area contributed by atoms with Crippen LogP contribution in [0, 0.1) is 45.3 Å². The summed E-state index contributed by atoms with van der Waals surface area (Å²) < 4.78 is 13.4. The molecule has 0 bridgehead atoms. The molecule has 7 aliphatic rings. The van der Waals surface area contributed by atoms with Gasteiger partial charge >= 0.3 is 0 Å². The van der Waals surface area contributed by atoms with Gasteiger partial charge in [0.05, 0.1) is 28.1 Å². The molecule has 9 rings (SSSR count). The fourth-order valence-corrected chi connectivity index (χ4v) is 14.1. The van der Waals surface area contributed by atoms with Crippen molar-refractivity contribution in [2.24, 2.45) is 34.0 Å². The number of aliphatic hydroxyl groups is 1. The number of halogens is 1. The van der Waals surface area contributed by atoms with Gasteiger partial charge in [-0.2, -0.15) is 5.26 Å². The Bertz CT molecular complexity index is 2230. The number of carbonyl (C=O) groups excluding carboxylic acids is 2. The van der Waals surface area contributed by atoms with Crippen molar-refractivity contribution in [1.29, 1.82) is 5.26 Å². The zero-order valence-corrected chi connectivity index (χ0v) is 42.3. The average Bonchev–Trinajstić information content (AvgIpc) is 3.79. The van der Waals surface area contributed by atoms with Crippen LogP contribution in [0.2, 0.25) is 5.02 Å². The van der Waals surface area contributed by atoms with Crippen LogP contribution in [0.5, 0.6) is 11.5 Å². The molecular formula is C54H77ClN8O5. The summed E-state index contributed by atoms with van der Waals surface area (Å²) in [6.45, 7) is 17.1. The Morgan fingerprint density at radius 3 is 2.29 bits per heavy atom. The average molecular weight is 954 g/mol. The zero-order chi connectivity index (χ0) is 48.2. The van der Waals surface area contributed by atoms with Crippen molar-refractivity contribution in [1.82, 2.24) is 36.4 Å². The van der Waals surface area contributed by atoms with Gasteiger partial charge in [-0.3, -0.25) is 25.1 Å². The Kier molecular flexibility index (Phi) is 14.1. The first kappa shape index (κ1) is 49.2. The summed E-state index contributed by atoms with van der Waals surface area (Å²) in [6, 6.07) is 13.6. The second kappa shape index (κ2) is 19.5. The van der Waals surface area contributed by atoms with Crippen LogP contribution in [0.15, 0.2) is 42.6 Å². The summed E-state index contributed by atoms with van der Waals surface area (Å²) in [6.07, 6.45) is 14.4.